The van der Waals surface area contributed by atoms with Crippen molar-refractivity contribution in [2.45, 2.75) is 50.5 Å². The molecule has 0 spiro atoms. The molecule has 1 fully saturated rings. The van der Waals surface area contributed by atoms with Gasteiger partial charge in [-0.05, 0) is 12.0 Å². The van der Waals surface area contributed by atoms with Crippen LogP contribution in [-0.4, -0.2) is 67.7 Å². The van der Waals surface area contributed by atoms with Crippen LogP contribution in [0.3, 0.4) is 0 Å². The molecule has 1 saturated heterocycles. The Bertz CT molecular complexity index is 435. The van der Waals surface area contributed by atoms with Crippen LogP contribution in [0.25, 0.3) is 0 Å². The molecule has 2 rings (SSSR count). The fourth-order valence-electron chi connectivity index (χ4n) is 2.05. The van der Waals surface area contributed by atoms with Crippen LogP contribution < -0.4 is 4.84 Å². The molecule has 0 bridgehead atoms. The summed E-state index contributed by atoms with van der Waals surface area (Å²) in [6.45, 7) is 3.40. The summed E-state index contributed by atoms with van der Waals surface area (Å²) >= 11 is 0. The first-order chi connectivity index (χ1) is 9.45. The zero-order chi connectivity index (χ0) is 14.9. The molecule has 0 aromatic carbocycles. The molecule has 20 heavy (non-hydrogen) atoms. The molecule has 8 nitrogen and oxygen atoms in total. The molecule has 0 saturated carbocycles. The summed E-state index contributed by atoms with van der Waals surface area (Å²) in [6, 6.07) is 1.76. The maximum absolute atomic E-state index is 9.87. The summed E-state index contributed by atoms with van der Waals surface area (Å²) in [4.78, 5) is 6.61. The second-order valence-corrected chi connectivity index (χ2v) is 5.09. The van der Waals surface area contributed by atoms with Crippen molar-refractivity contribution in [2.24, 2.45) is 0 Å². The third-order valence-corrected chi connectivity index (χ3v) is 3.28. The van der Waals surface area contributed by atoms with Crippen LogP contribution in [0.4, 0.5) is 0 Å². The van der Waals surface area contributed by atoms with E-state index >= 15 is 0 Å². The lowest BCUT2D eigenvalue weighted by Crippen LogP contribution is -2.61. The van der Waals surface area contributed by atoms with E-state index in [9.17, 15) is 15.3 Å². The van der Waals surface area contributed by atoms with Crippen LogP contribution in [-0.2, 0) is 4.74 Å². The van der Waals surface area contributed by atoms with E-state index < -0.39 is 37.3 Å². The van der Waals surface area contributed by atoms with Crippen LogP contribution in [0, 0.1) is 0 Å². The summed E-state index contributed by atoms with van der Waals surface area (Å²) in [5, 5.41) is 42.3. The number of hydrogen-bond acceptors (Lipinski definition) is 7. The van der Waals surface area contributed by atoms with Crippen molar-refractivity contribution in [1.29, 1.82) is 0 Å². The lowest BCUT2D eigenvalue weighted by molar-refractivity contribution is -0.304. The normalized spacial score (nSPS) is 34.5. The zero-order valence-corrected chi connectivity index (χ0v) is 11.3. The van der Waals surface area contributed by atoms with Crippen LogP contribution in [0.5, 0.6) is 0 Å². The first-order valence-electron chi connectivity index (χ1n) is 6.47. The van der Waals surface area contributed by atoms with Gasteiger partial charge in [-0.1, -0.05) is 13.8 Å². The first kappa shape index (κ1) is 15.2. The number of hydrogen-bond donors (Lipinski definition) is 4. The number of rotatable bonds is 4. The molecule has 1 aromatic heterocycles. The van der Waals surface area contributed by atoms with Crippen LogP contribution in [0.1, 0.15) is 25.5 Å². The van der Waals surface area contributed by atoms with Gasteiger partial charge in [0.1, 0.15) is 24.4 Å². The predicted octanol–water partition coefficient (Wildman–Crippen LogP) is -1.76. The largest absolute Gasteiger partial charge is 0.394 e. The molecule has 1 unspecified atom stereocenters. The summed E-state index contributed by atoms with van der Waals surface area (Å²) in [6.07, 6.45) is -5.02. The van der Waals surface area contributed by atoms with Gasteiger partial charge in [-0.3, -0.25) is 0 Å². The van der Waals surface area contributed by atoms with Gasteiger partial charge in [0.05, 0.1) is 18.5 Å². The SMILES string of the molecule is CC(C)c1ccnn1OC1O[C@H](CO)[C@@H](O)[C@H](O)[C@H]1O. The Morgan fingerprint density at radius 2 is 2.00 bits per heavy atom. The van der Waals surface area contributed by atoms with Crippen LogP contribution in [0.2, 0.25) is 0 Å². The second-order valence-electron chi connectivity index (χ2n) is 5.09. The Morgan fingerprint density at radius 1 is 1.30 bits per heavy atom. The number of aliphatic hydroxyl groups excluding tert-OH is 4. The molecule has 1 aliphatic heterocycles. The summed E-state index contributed by atoms with van der Waals surface area (Å²) in [5.41, 5.74) is 0.766. The fourth-order valence-corrected chi connectivity index (χ4v) is 2.05. The lowest BCUT2D eigenvalue weighted by atomic mass is 9.99. The van der Waals surface area contributed by atoms with Gasteiger partial charge in [-0.25, -0.2) is 0 Å². The van der Waals surface area contributed by atoms with E-state index in [1.54, 1.807) is 12.3 Å². The van der Waals surface area contributed by atoms with E-state index in [0.29, 0.717) is 0 Å². The zero-order valence-electron chi connectivity index (χ0n) is 11.3. The number of aromatic nitrogens is 2. The minimum atomic E-state index is -1.47. The van der Waals surface area contributed by atoms with Crippen molar-refractivity contribution in [1.82, 2.24) is 9.94 Å². The Kier molecular flexibility index (Phi) is 4.61. The maximum atomic E-state index is 9.87. The Labute approximate surface area is 116 Å². The highest BCUT2D eigenvalue weighted by atomic mass is 16.8. The fraction of sp³-hybridized carbons (Fsp3) is 0.750. The molecule has 4 N–H and O–H groups in total. The third-order valence-electron chi connectivity index (χ3n) is 3.28. The summed E-state index contributed by atoms with van der Waals surface area (Å²) in [5.74, 6) is 0.141. The average Bonchev–Trinajstić information content (AvgIpc) is 2.87. The van der Waals surface area contributed by atoms with E-state index in [1.807, 2.05) is 13.8 Å². The molecule has 0 amide bonds. The molecule has 1 aromatic rings. The molecule has 0 aliphatic carbocycles. The molecule has 1 aliphatic rings. The standard InChI is InChI=1S/C12H20N2O6/c1-6(2)7-3-4-13-14(7)20-12-11(18)10(17)9(16)8(5-15)19-12/h3-4,6,8-12,15-18H,5H2,1-2H3/t8-,9-,10+,11-,12?/m1/s1. The monoisotopic (exact) mass is 288 g/mol. The summed E-state index contributed by atoms with van der Waals surface area (Å²) in [7, 11) is 0. The average molecular weight is 288 g/mol. The van der Waals surface area contributed by atoms with E-state index in [1.165, 1.54) is 4.85 Å². The molecule has 5 atom stereocenters. The van der Waals surface area contributed by atoms with Crippen LogP contribution >= 0.6 is 0 Å². The highest BCUT2D eigenvalue weighted by molar-refractivity contribution is 5.04. The van der Waals surface area contributed by atoms with Crippen molar-refractivity contribution >= 4 is 0 Å². The van der Waals surface area contributed by atoms with E-state index in [2.05, 4.69) is 5.10 Å². The van der Waals surface area contributed by atoms with Gasteiger partial charge in [0.2, 0.25) is 0 Å². The highest BCUT2D eigenvalue weighted by Crippen LogP contribution is 2.21. The number of nitrogens with zero attached hydrogens (tertiary/aromatic N) is 2. The highest BCUT2D eigenvalue weighted by Gasteiger charge is 2.45. The van der Waals surface area contributed by atoms with E-state index in [-0.39, 0.29) is 5.92 Å². The Hall–Kier alpha value is -1.19. The van der Waals surface area contributed by atoms with Crippen molar-refractivity contribution in [3.8, 4) is 0 Å². The van der Waals surface area contributed by atoms with Gasteiger partial charge < -0.3 is 30.0 Å². The number of aliphatic hydroxyl groups is 4. The molecule has 2 heterocycles. The van der Waals surface area contributed by atoms with Gasteiger partial charge in [-0.2, -0.15) is 0 Å². The second kappa shape index (κ2) is 6.06. The van der Waals surface area contributed by atoms with Gasteiger partial charge in [0.25, 0.3) is 6.29 Å². The summed E-state index contributed by atoms with van der Waals surface area (Å²) < 4.78 is 5.25. The predicted molar refractivity (Wildman–Crippen MR) is 66.7 cm³/mol. The van der Waals surface area contributed by atoms with Crippen LogP contribution in [0.15, 0.2) is 12.3 Å². The minimum Gasteiger partial charge on any atom is -0.394 e. The smallest absolute Gasteiger partial charge is 0.256 e. The topological polar surface area (TPSA) is 117 Å². The Morgan fingerprint density at radius 3 is 2.60 bits per heavy atom. The molecule has 0 radical (unpaired) electrons. The molecule has 8 heteroatoms. The van der Waals surface area contributed by atoms with Gasteiger partial charge in [0, 0.05) is 0 Å². The van der Waals surface area contributed by atoms with Crippen molar-refractivity contribution in [2.75, 3.05) is 6.61 Å². The van der Waals surface area contributed by atoms with Crippen molar-refractivity contribution < 1.29 is 30.0 Å². The quantitative estimate of drug-likeness (QED) is 0.518. The molecular weight excluding hydrogens is 268 g/mol. The van der Waals surface area contributed by atoms with Gasteiger partial charge >= 0.3 is 0 Å². The van der Waals surface area contributed by atoms with Gasteiger partial charge in [-0.15, -0.1) is 9.94 Å². The lowest BCUT2D eigenvalue weighted by Gasteiger charge is -2.39. The first-order valence-corrected chi connectivity index (χ1v) is 6.47. The molecule has 114 valence electrons. The van der Waals surface area contributed by atoms with Crippen molar-refractivity contribution in [3.05, 3.63) is 18.0 Å². The van der Waals surface area contributed by atoms with E-state index in [4.69, 9.17) is 14.7 Å². The Balaban J connectivity index is 2.13. The van der Waals surface area contributed by atoms with E-state index in [0.717, 1.165) is 5.69 Å². The minimum absolute atomic E-state index is 0.141. The van der Waals surface area contributed by atoms with Crippen molar-refractivity contribution in [3.63, 3.8) is 0 Å². The van der Waals surface area contributed by atoms with Gasteiger partial charge in [0.15, 0.2) is 0 Å². The third kappa shape index (κ3) is 2.79. The number of ether oxygens (including phenoxy) is 1. The molecular formula is C12H20N2O6. The maximum Gasteiger partial charge on any atom is 0.256 e.